The fourth-order valence-corrected chi connectivity index (χ4v) is 1.39. The van der Waals surface area contributed by atoms with E-state index in [1.54, 1.807) is 7.11 Å². The SMILES string of the molecule is COC(=O)CCNCCOc1ccccc1OC. The van der Waals surface area contributed by atoms with Gasteiger partial charge in [-0.15, -0.1) is 0 Å². The topological polar surface area (TPSA) is 56.8 Å². The molecule has 5 heteroatoms. The Kier molecular flexibility index (Phi) is 6.64. The number of esters is 1. The van der Waals surface area contributed by atoms with Crippen LogP contribution < -0.4 is 14.8 Å². The van der Waals surface area contributed by atoms with Crippen molar-refractivity contribution < 1.29 is 19.0 Å². The van der Waals surface area contributed by atoms with Gasteiger partial charge in [0.25, 0.3) is 0 Å². The van der Waals surface area contributed by atoms with E-state index in [2.05, 4.69) is 10.1 Å². The monoisotopic (exact) mass is 253 g/mol. The molecular formula is C13H19NO4. The van der Waals surface area contributed by atoms with Gasteiger partial charge in [0.15, 0.2) is 11.5 Å². The number of hydrogen-bond donors (Lipinski definition) is 1. The number of para-hydroxylation sites is 2. The summed E-state index contributed by atoms with van der Waals surface area (Å²) < 4.78 is 15.3. The van der Waals surface area contributed by atoms with Crippen molar-refractivity contribution in [1.82, 2.24) is 5.32 Å². The van der Waals surface area contributed by atoms with Crippen molar-refractivity contribution >= 4 is 5.97 Å². The van der Waals surface area contributed by atoms with E-state index >= 15 is 0 Å². The van der Waals surface area contributed by atoms with Crippen LogP contribution in [0, 0.1) is 0 Å². The number of carbonyl (C=O) groups is 1. The van der Waals surface area contributed by atoms with Crippen molar-refractivity contribution in [3.8, 4) is 11.5 Å². The van der Waals surface area contributed by atoms with Crippen LogP contribution in [0.3, 0.4) is 0 Å². The smallest absolute Gasteiger partial charge is 0.306 e. The lowest BCUT2D eigenvalue weighted by atomic mass is 10.3. The summed E-state index contributed by atoms with van der Waals surface area (Å²) in [5.41, 5.74) is 0. The van der Waals surface area contributed by atoms with E-state index in [9.17, 15) is 4.79 Å². The van der Waals surface area contributed by atoms with Crippen LogP contribution in [-0.4, -0.2) is 39.9 Å². The van der Waals surface area contributed by atoms with E-state index in [0.717, 1.165) is 5.75 Å². The average molecular weight is 253 g/mol. The standard InChI is InChI=1S/C13H19NO4/c1-16-11-5-3-4-6-12(11)18-10-9-14-8-7-13(15)17-2/h3-6,14H,7-10H2,1-2H3. The van der Waals surface area contributed by atoms with E-state index in [-0.39, 0.29) is 5.97 Å². The van der Waals surface area contributed by atoms with E-state index in [1.807, 2.05) is 24.3 Å². The molecule has 1 aromatic carbocycles. The van der Waals surface area contributed by atoms with E-state index in [1.165, 1.54) is 7.11 Å². The highest BCUT2D eigenvalue weighted by Crippen LogP contribution is 2.25. The van der Waals surface area contributed by atoms with Gasteiger partial charge in [-0.25, -0.2) is 0 Å². The molecule has 0 aliphatic carbocycles. The molecule has 0 aliphatic rings. The van der Waals surface area contributed by atoms with Gasteiger partial charge in [0.1, 0.15) is 6.61 Å². The summed E-state index contributed by atoms with van der Waals surface area (Å²) in [5.74, 6) is 1.22. The molecule has 18 heavy (non-hydrogen) atoms. The van der Waals surface area contributed by atoms with Crippen LogP contribution >= 0.6 is 0 Å². The minimum atomic E-state index is -0.215. The van der Waals surface area contributed by atoms with Gasteiger partial charge >= 0.3 is 5.97 Å². The normalized spacial score (nSPS) is 9.89. The number of methoxy groups -OCH3 is 2. The lowest BCUT2D eigenvalue weighted by Crippen LogP contribution is -2.24. The summed E-state index contributed by atoms with van der Waals surface area (Å²) in [5, 5.41) is 3.09. The van der Waals surface area contributed by atoms with Gasteiger partial charge in [-0.2, -0.15) is 0 Å². The van der Waals surface area contributed by atoms with Crippen molar-refractivity contribution in [2.45, 2.75) is 6.42 Å². The Morgan fingerprint density at radius 1 is 1.17 bits per heavy atom. The van der Waals surface area contributed by atoms with Gasteiger partial charge in [-0.1, -0.05) is 12.1 Å². The fraction of sp³-hybridized carbons (Fsp3) is 0.462. The summed E-state index contributed by atoms with van der Waals surface area (Å²) in [6, 6.07) is 7.48. The Morgan fingerprint density at radius 3 is 2.56 bits per heavy atom. The molecule has 0 unspecified atom stereocenters. The highest BCUT2D eigenvalue weighted by molar-refractivity contribution is 5.69. The Morgan fingerprint density at radius 2 is 1.89 bits per heavy atom. The number of rotatable bonds is 8. The van der Waals surface area contributed by atoms with Crippen LogP contribution in [0.2, 0.25) is 0 Å². The Bertz CT molecular complexity index is 368. The zero-order chi connectivity index (χ0) is 13.2. The quantitative estimate of drug-likeness (QED) is 0.558. The van der Waals surface area contributed by atoms with Gasteiger partial charge in [-0.3, -0.25) is 4.79 Å². The van der Waals surface area contributed by atoms with E-state index < -0.39 is 0 Å². The van der Waals surface area contributed by atoms with Gasteiger partial charge in [0.2, 0.25) is 0 Å². The van der Waals surface area contributed by atoms with Crippen molar-refractivity contribution in [3.05, 3.63) is 24.3 Å². The van der Waals surface area contributed by atoms with Crippen LogP contribution in [0.25, 0.3) is 0 Å². The minimum Gasteiger partial charge on any atom is -0.493 e. The van der Waals surface area contributed by atoms with Crippen molar-refractivity contribution in [3.63, 3.8) is 0 Å². The predicted octanol–water partition coefficient (Wildman–Crippen LogP) is 1.23. The second kappa shape index (κ2) is 8.36. The Labute approximate surface area is 107 Å². The first-order valence-corrected chi connectivity index (χ1v) is 5.81. The summed E-state index contributed by atoms with van der Waals surface area (Å²) >= 11 is 0. The van der Waals surface area contributed by atoms with Gasteiger partial charge < -0.3 is 19.5 Å². The first-order valence-electron chi connectivity index (χ1n) is 5.81. The van der Waals surface area contributed by atoms with Crippen LogP contribution in [-0.2, 0) is 9.53 Å². The second-order valence-electron chi connectivity index (χ2n) is 3.58. The van der Waals surface area contributed by atoms with Crippen LogP contribution in [0.5, 0.6) is 11.5 Å². The maximum atomic E-state index is 10.8. The number of nitrogens with one attached hydrogen (secondary N) is 1. The van der Waals surface area contributed by atoms with Crippen LogP contribution in [0.4, 0.5) is 0 Å². The molecule has 0 saturated heterocycles. The molecule has 0 aliphatic heterocycles. The number of hydrogen-bond acceptors (Lipinski definition) is 5. The van der Waals surface area contributed by atoms with E-state index in [0.29, 0.717) is 31.9 Å². The molecule has 0 atom stereocenters. The zero-order valence-electron chi connectivity index (χ0n) is 10.8. The molecular weight excluding hydrogens is 234 g/mol. The van der Waals surface area contributed by atoms with Crippen LogP contribution in [0.1, 0.15) is 6.42 Å². The number of carbonyl (C=O) groups excluding carboxylic acids is 1. The van der Waals surface area contributed by atoms with Crippen molar-refractivity contribution in [1.29, 1.82) is 0 Å². The predicted molar refractivity (Wildman–Crippen MR) is 68.0 cm³/mol. The third-order valence-corrected chi connectivity index (χ3v) is 2.34. The van der Waals surface area contributed by atoms with Gasteiger partial charge in [-0.05, 0) is 12.1 Å². The summed E-state index contributed by atoms with van der Waals surface area (Å²) in [6.07, 6.45) is 0.366. The average Bonchev–Trinajstić information content (AvgIpc) is 2.42. The number of benzene rings is 1. The van der Waals surface area contributed by atoms with Crippen LogP contribution in [0.15, 0.2) is 24.3 Å². The molecule has 0 bridgehead atoms. The molecule has 0 heterocycles. The highest BCUT2D eigenvalue weighted by Gasteiger charge is 2.02. The molecule has 0 spiro atoms. The first-order chi connectivity index (χ1) is 8.77. The zero-order valence-corrected chi connectivity index (χ0v) is 10.8. The lowest BCUT2D eigenvalue weighted by Gasteiger charge is -2.10. The fourth-order valence-electron chi connectivity index (χ4n) is 1.39. The highest BCUT2D eigenvalue weighted by atomic mass is 16.5. The largest absolute Gasteiger partial charge is 0.493 e. The lowest BCUT2D eigenvalue weighted by molar-refractivity contribution is -0.140. The third kappa shape index (κ3) is 5.05. The maximum Gasteiger partial charge on any atom is 0.306 e. The molecule has 5 nitrogen and oxygen atoms in total. The summed E-state index contributed by atoms with van der Waals surface area (Å²) in [6.45, 7) is 1.76. The minimum absolute atomic E-state index is 0.215. The molecule has 1 N–H and O–H groups in total. The molecule has 0 fully saturated rings. The van der Waals surface area contributed by atoms with Crippen molar-refractivity contribution in [2.24, 2.45) is 0 Å². The molecule has 0 amide bonds. The molecule has 0 radical (unpaired) electrons. The molecule has 1 rings (SSSR count). The molecule has 0 aromatic heterocycles. The Hall–Kier alpha value is -1.75. The van der Waals surface area contributed by atoms with E-state index in [4.69, 9.17) is 9.47 Å². The number of ether oxygens (including phenoxy) is 3. The third-order valence-electron chi connectivity index (χ3n) is 2.34. The summed E-state index contributed by atoms with van der Waals surface area (Å²) in [4.78, 5) is 10.8. The van der Waals surface area contributed by atoms with Gasteiger partial charge in [0.05, 0.1) is 20.6 Å². The maximum absolute atomic E-state index is 10.8. The van der Waals surface area contributed by atoms with Gasteiger partial charge in [0, 0.05) is 13.1 Å². The summed E-state index contributed by atoms with van der Waals surface area (Å²) in [7, 11) is 2.99. The van der Waals surface area contributed by atoms with Crippen molar-refractivity contribution in [2.75, 3.05) is 33.9 Å². The Balaban J connectivity index is 2.16. The molecule has 1 aromatic rings. The molecule has 0 saturated carbocycles. The second-order valence-corrected chi connectivity index (χ2v) is 3.58. The first kappa shape index (κ1) is 14.3. The molecule has 100 valence electrons.